The van der Waals surface area contributed by atoms with Gasteiger partial charge in [-0.3, -0.25) is 4.57 Å². The third-order valence-electron chi connectivity index (χ3n) is 2.76. The molecule has 6 nitrogen and oxygen atoms in total. The van der Waals surface area contributed by atoms with E-state index < -0.39 is 6.36 Å². The lowest BCUT2D eigenvalue weighted by Crippen LogP contribution is -2.17. The Hall–Kier alpha value is -2.55. The number of anilines is 1. The van der Waals surface area contributed by atoms with Gasteiger partial charge < -0.3 is 10.5 Å². The van der Waals surface area contributed by atoms with Crippen LogP contribution >= 0.6 is 11.6 Å². The fourth-order valence-electron chi connectivity index (χ4n) is 1.95. The molecule has 10 heteroatoms. The molecule has 0 aliphatic rings. The first-order valence-corrected chi connectivity index (χ1v) is 6.23. The molecule has 0 radical (unpaired) electrons. The van der Waals surface area contributed by atoms with E-state index in [1.807, 2.05) is 0 Å². The number of ether oxygens (including phenoxy) is 1. The van der Waals surface area contributed by atoms with E-state index >= 15 is 0 Å². The Kier molecular flexibility index (Phi) is 3.28. The maximum atomic E-state index is 12.1. The number of rotatable bonds is 2. The summed E-state index contributed by atoms with van der Waals surface area (Å²) in [6.07, 6.45) is -3.51. The molecule has 2 aromatic heterocycles. The minimum absolute atomic E-state index is 0.0851. The van der Waals surface area contributed by atoms with Crippen molar-refractivity contribution in [1.29, 1.82) is 0 Å². The molecule has 3 rings (SSSR count). The molecule has 2 heterocycles. The molecule has 0 amide bonds. The molecular formula is C12H7ClF3N5O. The highest BCUT2D eigenvalue weighted by atomic mass is 35.5. The van der Waals surface area contributed by atoms with Gasteiger partial charge in [0.15, 0.2) is 10.8 Å². The molecule has 3 aromatic rings. The fourth-order valence-corrected chi connectivity index (χ4v) is 2.17. The summed E-state index contributed by atoms with van der Waals surface area (Å²) in [5, 5.41) is 0.129. The maximum absolute atomic E-state index is 12.1. The van der Waals surface area contributed by atoms with E-state index in [-0.39, 0.29) is 22.5 Å². The Balaban J connectivity index is 2.07. The summed E-state index contributed by atoms with van der Waals surface area (Å²) in [6.45, 7) is 0. The Bertz CT molecular complexity index is 831. The third kappa shape index (κ3) is 2.62. The molecule has 0 atom stereocenters. The van der Waals surface area contributed by atoms with E-state index in [9.17, 15) is 13.2 Å². The quantitative estimate of drug-likeness (QED) is 0.731. The van der Waals surface area contributed by atoms with Gasteiger partial charge in [0, 0.05) is 5.69 Å². The average molecular weight is 330 g/mol. The van der Waals surface area contributed by atoms with Crippen molar-refractivity contribution in [3.8, 4) is 11.4 Å². The van der Waals surface area contributed by atoms with Gasteiger partial charge in [-0.05, 0) is 24.3 Å². The fraction of sp³-hybridized carbons (Fsp3) is 0.0833. The van der Waals surface area contributed by atoms with Gasteiger partial charge in [0.2, 0.25) is 5.95 Å². The zero-order valence-corrected chi connectivity index (χ0v) is 11.4. The van der Waals surface area contributed by atoms with Crippen LogP contribution in [0.4, 0.5) is 19.1 Å². The summed E-state index contributed by atoms with van der Waals surface area (Å²) in [6, 6.07) is 5.10. The molecule has 0 bridgehead atoms. The number of benzene rings is 1. The Morgan fingerprint density at radius 1 is 1.14 bits per heavy atom. The highest BCUT2D eigenvalue weighted by Crippen LogP contribution is 2.28. The zero-order chi connectivity index (χ0) is 15.9. The van der Waals surface area contributed by atoms with Crippen LogP contribution in [-0.2, 0) is 0 Å². The van der Waals surface area contributed by atoms with E-state index in [1.54, 1.807) is 0 Å². The van der Waals surface area contributed by atoms with Crippen LogP contribution in [0.2, 0.25) is 5.15 Å². The topological polar surface area (TPSA) is 78.9 Å². The smallest absolute Gasteiger partial charge is 0.406 e. The average Bonchev–Trinajstić information content (AvgIpc) is 2.75. The van der Waals surface area contributed by atoms with Crippen LogP contribution in [0.25, 0.3) is 16.9 Å². The second-order valence-electron chi connectivity index (χ2n) is 4.18. The molecule has 0 unspecified atom stereocenters. The number of nitrogens with two attached hydrogens (primary N) is 1. The van der Waals surface area contributed by atoms with E-state index in [4.69, 9.17) is 17.3 Å². The monoisotopic (exact) mass is 329 g/mol. The van der Waals surface area contributed by atoms with E-state index in [1.165, 1.54) is 23.0 Å². The first-order chi connectivity index (χ1) is 10.3. The molecular weight excluding hydrogens is 323 g/mol. The molecule has 0 saturated carbocycles. The van der Waals surface area contributed by atoms with Gasteiger partial charge in [-0.2, -0.15) is 4.98 Å². The minimum atomic E-state index is -4.75. The maximum Gasteiger partial charge on any atom is 0.573 e. The van der Waals surface area contributed by atoms with Gasteiger partial charge in [0.1, 0.15) is 17.6 Å². The number of nitrogens with zero attached hydrogens (tertiary/aromatic N) is 4. The van der Waals surface area contributed by atoms with Gasteiger partial charge in [0.25, 0.3) is 0 Å². The predicted molar refractivity (Wildman–Crippen MR) is 72.8 cm³/mol. The molecule has 0 aliphatic heterocycles. The van der Waals surface area contributed by atoms with Crippen LogP contribution in [-0.4, -0.2) is 25.9 Å². The molecule has 0 saturated heterocycles. The molecule has 114 valence electrons. The number of alkyl halides is 3. The highest BCUT2D eigenvalue weighted by molar-refractivity contribution is 6.33. The summed E-state index contributed by atoms with van der Waals surface area (Å²) < 4.78 is 41.7. The van der Waals surface area contributed by atoms with Gasteiger partial charge in [-0.25, -0.2) is 9.97 Å². The van der Waals surface area contributed by atoms with Gasteiger partial charge in [0.05, 0.1) is 0 Å². The van der Waals surface area contributed by atoms with Crippen molar-refractivity contribution in [2.75, 3.05) is 5.73 Å². The number of imidazole rings is 1. The lowest BCUT2D eigenvalue weighted by Gasteiger charge is -2.10. The SMILES string of the molecule is Nc1nc2ncnc(Cl)c2n1-c1ccc(OC(F)(F)F)cc1. The standard InChI is InChI=1S/C12H7ClF3N5O/c13-9-8-10(19-5-18-9)20-11(17)21(8)6-1-3-7(4-2-6)22-12(14,15)16/h1-5H,(H2,17,18,19,20). The Morgan fingerprint density at radius 3 is 2.45 bits per heavy atom. The molecule has 1 aromatic carbocycles. The van der Waals surface area contributed by atoms with Crippen LogP contribution in [0.3, 0.4) is 0 Å². The van der Waals surface area contributed by atoms with E-state index in [2.05, 4.69) is 19.7 Å². The van der Waals surface area contributed by atoms with Crippen molar-refractivity contribution in [2.24, 2.45) is 0 Å². The molecule has 0 fully saturated rings. The van der Waals surface area contributed by atoms with Crippen LogP contribution in [0, 0.1) is 0 Å². The van der Waals surface area contributed by atoms with Crippen LogP contribution in [0.1, 0.15) is 0 Å². The second-order valence-corrected chi connectivity index (χ2v) is 4.54. The van der Waals surface area contributed by atoms with E-state index in [0.29, 0.717) is 11.2 Å². The second kappa shape index (κ2) is 5.02. The lowest BCUT2D eigenvalue weighted by atomic mass is 10.3. The summed E-state index contributed by atoms with van der Waals surface area (Å²) in [4.78, 5) is 11.8. The van der Waals surface area contributed by atoms with Crippen molar-refractivity contribution in [2.45, 2.75) is 6.36 Å². The normalized spacial score (nSPS) is 11.8. The lowest BCUT2D eigenvalue weighted by molar-refractivity contribution is -0.274. The van der Waals surface area contributed by atoms with Gasteiger partial charge in [-0.15, -0.1) is 13.2 Å². The minimum Gasteiger partial charge on any atom is -0.406 e. The summed E-state index contributed by atoms with van der Waals surface area (Å²) in [7, 11) is 0. The van der Waals surface area contributed by atoms with Crippen LogP contribution < -0.4 is 10.5 Å². The highest BCUT2D eigenvalue weighted by Gasteiger charge is 2.31. The van der Waals surface area contributed by atoms with Crippen molar-refractivity contribution >= 4 is 28.7 Å². The van der Waals surface area contributed by atoms with Crippen molar-refractivity contribution in [3.63, 3.8) is 0 Å². The number of nitrogen functional groups attached to an aromatic ring is 1. The molecule has 22 heavy (non-hydrogen) atoms. The van der Waals surface area contributed by atoms with Crippen molar-refractivity contribution < 1.29 is 17.9 Å². The number of hydrogen-bond acceptors (Lipinski definition) is 5. The zero-order valence-electron chi connectivity index (χ0n) is 10.7. The van der Waals surface area contributed by atoms with Crippen LogP contribution in [0.15, 0.2) is 30.6 Å². The first-order valence-electron chi connectivity index (χ1n) is 5.86. The predicted octanol–water partition coefficient (Wildman–Crippen LogP) is 2.95. The number of halogens is 4. The Morgan fingerprint density at radius 2 is 1.82 bits per heavy atom. The Labute approximate surface area is 126 Å². The largest absolute Gasteiger partial charge is 0.573 e. The van der Waals surface area contributed by atoms with Crippen molar-refractivity contribution in [3.05, 3.63) is 35.7 Å². The summed E-state index contributed by atoms with van der Waals surface area (Å²) in [5.74, 6) is -0.261. The van der Waals surface area contributed by atoms with Crippen molar-refractivity contribution in [1.82, 2.24) is 19.5 Å². The van der Waals surface area contributed by atoms with E-state index in [0.717, 1.165) is 12.1 Å². The number of fused-ring (bicyclic) bond motifs is 1. The molecule has 0 spiro atoms. The summed E-state index contributed by atoms with van der Waals surface area (Å²) >= 11 is 6.00. The molecule has 2 N–H and O–H groups in total. The number of aromatic nitrogens is 4. The van der Waals surface area contributed by atoms with Gasteiger partial charge in [-0.1, -0.05) is 11.6 Å². The summed E-state index contributed by atoms with van der Waals surface area (Å²) in [5.41, 5.74) is 6.91. The third-order valence-corrected chi connectivity index (χ3v) is 3.04. The van der Waals surface area contributed by atoms with Crippen LogP contribution in [0.5, 0.6) is 5.75 Å². The van der Waals surface area contributed by atoms with Gasteiger partial charge >= 0.3 is 6.36 Å². The molecule has 0 aliphatic carbocycles. The first kappa shape index (κ1) is 14.4. The number of hydrogen-bond donors (Lipinski definition) is 1.